The minimum atomic E-state index is -1.68. The smallest absolute Gasteiger partial charge is 0.338 e. The first-order chi connectivity index (χ1) is 9.48. The summed E-state index contributed by atoms with van der Waals surface area (Å²) in [6, 6.07) is 0. The number of carbonyl (C=O) groups is 1. The van der Waals surface area contributed by atoms with Gasteiger partial charge in [-0.1, -0.05) is 6.42 Å². The summed E-state index contributed by atoms with van der Waals surface area (Å²) in [4.78, 5) is 11.7. The molecule has 2 N–H and O–H groups in total. The number of fused-ring (bicyclic) bond motifs is 1. The molecule has 0 unspecified atom stereocenters. The van der Waals surface area contributed by atoms with Gasteiger partial charge in [0.15, 0.2) is 11.4 Å². The van der Waals surface area contributed by atoms with Gasteiger partial charge in [0, 0.05) is 25.7 Å². The van der Waals surface area contributed by atoms with Gasteiger partial charge in [-0.3, -0.25) is 0 Å². The number of rotatable bonds is 1. The maximum absolute atomic E-state index is 11.7. The van der Waals surface area contributed by atoms with E-state index in [1.807, 2.05) is 0 Å². The average molecular weight is 286 g/mol. The normalized spacial score (nSPS) is 43.2. The summed E-state index contributed by atoms with van der Waals surface area (Å²) < 4.78 is 16.6. The fraction of sp³-hybridized carbons (Fsp3) is 0.929. The highest BCUT2D eigenvalue weighted by Crippen LogP contribution is 2.46. The number of hydrogen-bond acceptors (Lipinski definition) is 6. The predicted octanol–water partition coefficient (Wildman–Crippen LogP) is 0.490. The second-order valence-corrected chi connectivity index (χ2v) is 6.21. The van der Waals surface area contributed by atoms with Gasteiger partial charge in [-0.2, -0.15) is 0 Å². The molecule has 0 aromatic heterocycles. The van der Waals surface area contributed by atoms with E-state index in [1.54, 1.807) is 0 Å². The average Bonchev–Trinajstić information content (AvgIpc) is 2.76. The second-order valence-electron chi connectivity index (χ2n) is 6.21. The van der Waals surface area contributed by atoms with Crippen LogP contribution in [0.5, 0.6) is 0 Å². The van der Waals surface area contributed by atoms with Gasteiger partial charge in [-0.05, 0) is 12.8 Å². The van der Waals surface area contributed by atoms with Gasteiger partial charge < -0.3 is 24.4 Å². The molecule has 0 amide bonds. The first-order valence-corrected chi connectivity index (χ1v) is 7.33. The Balaban J connectivity index is 1.77. The zero-order valence-corrected chi connectivity index (χ0v) is 11.7. The van der Waals surface area contributed by atoms with Crippen LogP contribution in [-0.2, 0) is 19.0 Å². The van der Waals surface area contributed by atoms with E-state index >= 15 is 0 Å². The summed E-state index contributed by atoms with van der Waals surface area (Å²) in [6.45, 7) is 0. The number of methoxy groups -OCH3 is 1. The Bertz CT molecular complexity index is 391. The zero-order valence-electron chi connectivity index (χ0n) is 11.7. The predicted molar refractivity (Wildman–Crippen MR) is 67.8 cm³/mol. The summed E-state index contributed by atoms with van der Waals surface area (Å²) in [5.74, 6) is -1.35. The second kappa shape index (κ2) is 4.94. The molecule has 1 heterocycles. The maximum Gasteiger partial charge on any atom is 0.338 e. The molecule has 3 aliphatic rings. The molecule has 2 aliphatic carbocycles. The first-order valence-electron chi connectivity index (χ1n) is 7.33. The minimum Gasteiger partial charge on any atom is -0.467 e. The van der Waals surface area contributed by atoms with Crippen molar-refractivity contribution in [3.05, 3.63) is 0 Å². The molecule has 114 valence electrons. The van der Waals surface area contributed by atoms with Crippen molar-refractivity contribution in [1.29, 1.82) is 0 Å². The van der Waals surface area contributed by atoms with Crippen LogP contribution in [0.2, 0.25) is 0 Å². The fourth-order valence-corrected chi connectivity index (χ4v) is 3.74. The largest absolute Gasteiger partial charge is 0.467 e. The summed E-state index contributed by atoms with van der Waals surface area (Å²) >= 11 is 0. The lowest BCUT2D eigenvalue weighted by molar-refractivity contribution is -0.198. The Morgan fingerprint density at radius 3 is 2.55 bits per heavy atom. The molecule has 6 nitrogen and oxygen atoms in total. The van der Waals surface area contributed by atoms with Crippen molar-refractivity contribution < 1.29 is 29.2 Å². The van der Waals surface area contributed by atoms with Crippen LogP contribution in [-0.4, -0.2) is 53.0 Å². The quantitative estimate of drug-likeness (QED) is 0.682. The Kier molecular flexibility index (Phi) is 3.52. The Hall–Kier alpha value is -0.690. The SMILES string of the molecule is COC(=O)[C@@]1(O)C[C@@H](O)[C@@H]2OC3(CCCCC3)O[C@@H]2C1. The molecule has 20 heavy (non-hydrogen) atoms. The third kappa shape index (κ3) is 2.24. The van der Waals surface area contributed by atoms with Crippen LogP contribution in [0.4, 0.5) is 0 Å². The van der Waals surface area contributed by atoms with Crippen LogP contribution >= 0.6 is 0 Å². The first kappa shape index (κ1) is 14.3. The molecule has 0 radical (unpaired) electrons. The molecule has 0 bridgehead atoms. The van der Waals surface area contributed by atoms with Crippen LogP contribution < -0.4 is 0 Å². The highest BCUT2D eigenvalue weighted by atomic mass is 16.8. The Morgan fingerprint density at radius 1 is 1.20 bits per heavy atom. The van der Waals surface area contributed by atoms with E-state index in [9.17, 15) is 15.0 Å². The van der Waals surface area contributed by atoms with E-state index in [2.05, 4.69) is 4.74 Å². The van der Waals surface area contributed by atoms with Crippen LogP contribution in [0.15, 0.2) is 0 Å². The molecule has 0 aromatic carbocycles. The van der Waals surface area contributed by atoms with E-state index in [4.69, 9.17) is 9.47 Å². The van der Waals surface area contributed by atoms with Crippen molar-refractivity contribution in [3.63, 3.8) is 0 Å². The maximum atomic E-state index is 11.7. The van der Waals surface area contributed by atoms with Crippen LogP contribution in [0, 0.1) is 0 Å². The molecule has 1 spiro atoms. The van der Waals surface area contributed by atoms with Gasteiger partial charge in [0.2, 0.25) is 0 Å². The monoisotopic (exact) mass is 286 g/mol. The number of carbonyl (C=O) groups excluding carboxylic acids is 1. The van der Waals surface area contributed by atoms with Gasteiger partial charge in [-0.25, -0.2) is 4.79 Å². The molecule has 2 saturated carbocycles. The van der Waals surface area contributed by atoms with E-state index in [0.717, 1.165) is 25.7 Å². The number of ether oxygens (including phenoxy) is 3. The van der Waals surface area contributed by atoms with Crippen LogP contribution in [0.25, 0.3) is 0 Å². The Labute approximate surface area is 118 Å². The van der Waals surface area contributed by atoms with Crippen molar-refractivity contribution >= 4 is 5.97 Å². The van der Waals surface area contributed by atoms with Crippen molar-refractivity contribution in [1.82, 2.24) is 0 Å². The van der Waals surface area contributed by atoms with Crippen LogP contribution in [0.3, 0.4) is 0 Å². The third-order valence-electron chi connectivity index (χ3n) is 4.73. The van der Waals surface area contributed by atoms with Gasteiger partial charge in [0.1, 0.15) is 6.10 Å². The zero-order chi connectivity index (χ0) is 14.4. The number of aliphatic hydroxyl groups excluding tert-OH is 1. The third-order valence-corrected chi connectivity index (χ3v) is 4.73. The van der Waals surface area contributed by atoms with Gasteiger partial charge in [0.05, 0.1) is 19.3 Å². The van der Waals surface area contributed by atoms with E-state index in [-0.39, 0.29) is 12.8 Å². The summed E-state index contributed by atoms with van der Waals surface area (Å²) in [6.07, 6.45) is 3.07. The van der Waals surface area contributed by atoms with E-state index in [1.165, 1.54) is 13.5 Å². The number of esters is 1. The molecule has 1 aliphatic heterocycles. The van der Waals surface area contributed by atoms with Crippen molar-refractivity contribution in [2.24, 2.45) is 0 Å². The molecule has 6 heteroatoms. The molecule has 0 aromatic rings. The molecule has 4 atom stereocenters. The highest BCUT2D eigenvalue weighted by molar-refractivity contribution is 5.79. The lowest BCUT2D eigenvalue weighted by atomic mass is 9.80. The molecule has 3 fully saturated rings. The molecule has 3 rings (SSSR count). The highest BCUT2D eigenvalue weighted by Gasteiger charge is 2.58. The topological polar surface area (TPSA) is 85.2 Å². The lowest BCUT2D eigenvalue weighted by Crippen LogP contribution is -2.55. The van der Waals surface area contributed by atoms with Gasteiger partial charge in [-0.15, -0.1) is 0 Å². The van der Waals surface area contributed by atoms with Crippen LogP contribution in [0.1, 0.15) is 44.9 Å². The number of hydrogen-bond donors (Lipinski definition) is 2. The van der Waals surface area contributed by atoms with Gasteiger partial charge >= 0.3 is 5.97 Å². The fourth-order valence-electron chi connectivity index (χ4n) is 3.74. The van der Waals surface area contributed by atoms with Crippen molar-refractivity contribution in [2.75, 3.05) is 7.11 Å². The lowest BCUT2D eigenvalue weighted by Gasteiger charge is -2.37. The summed E-state index contributed by atoms with van der Waals surface area (Å²) in [5, 5.41) is 20.6. The molecular formula is C14H22O6. The minimum absolute atomic E-state index is 0.0692. The molecular weight excluding hydrogens is 264 g/mol. The standard InChI is InChI=1S/C14H22O6/c1-18-12(16)13(17)7-9(15)11-10(8-13)19-14(20-11)5-3-2-4-6-14/h9-11,15,17H,2-8H2,1H3/t9-,10-,11+,13-/m1/s1. The number of aliphatic hydroxyl groups is 2. The van der Waals surface area contributed by atoms with E-state index < -0.39 is 35.7 Å². The van der Waals surface area contributed by atoms with Gasteiger partial charge in [0.25, 0.3) is 0 Å². The van der Waals surface area contributed by atoms with Crippen molar-refractivity contribution in [3.8, 4) is 0 Å². The Morgan fingerprint density at radius 2 is 1.90 bits per heavy atom. The summed E-state index contributed by atoms with van der Waals surface area (Å²) in [7, 11) is 1.23. The van der Waals surface area contributed by atoms with Crippen molar-refractivity contribution in [2.45, 2.75) is 74.6 Å². The molecule has 1 saturated heterocycles. The van der Waals surface area contributed by atoms with E-state index in [0.29, 0.717) is 0 Å². The summed E-state index contributed by atoms with van der Waals surface area (Å²) in [5.41, 5.74) is -1.68.